The van der Waals surface area contributed by atoms with E-state index in [4.69, 9.17) is 0 Å². The summed E-state index contributed by atoms with van der Waals surface area (Å²) in [6.45, 7) is 13.7. The van der Waals surface area contributed by atoms with Crippen molar-refractivity contribution < 1.29 is 0 Å². The lowest BCUT2D eigenvalue weighted by atomic mass is 9.73. The molecule has 0 bridgehead atoms. The largest absolute Gasteiger partial charge is 0.316 e. The van der Waals surface area contributed by atoms with Crippen LogP contribution in [0.3, 0.4) is 0 Å². The van der Waals surface area contributed by atoms with Gasteiger partial charge in [0.15, 0.2) is 0 Å². The molecule has 0 aromatic rings. The molecule has 0 unspecified atom stereocenters. The van der Waals surface area contributed by atoms with Crippen LogP contribution in [0.25, 0.3) is 0 Å². The Balaban J connectivity index is 4.15. The smallest absolute Gasteiger partial charge is 0.000994 e. The quantitative estimate of drug-likeness (QED) is 0.647. The normalized spacial score (nSPS) is 12.5. The maximum atomic E-state index is 3.47. The first-order valence-corrected chi connectivity index (χ1v) is 5.33. The molecule has 1 N–H and O–H groups in total. The molecule has 0 aliphatic rings. The Morgan fingerprint density at radius 3 is 1.83 bits per heavy atom. The summed E-state index contributed by atoms with van der Waals surface area (Å²) in [5, 5.41) is 3.47. The van der Waals surface area contributed by atoms with Crippen molar-refractivity contribution in [2.75, 3.05) is 13.1 Å². The molecule has 0 aliphatic carbocycles. The molecule has 74 valence electrons. The van der Waals surface area contributed by atoms with E-state index in [1.165, 1.54) is 19.4 Å². The third kappa shape index (κ3) is 2.78. The molecule has 1 heteroatoms. The highest BCUT2D eigenvalue weighted by Gasteiger charge is 2.28. The highest BCUT2D eigenvalue weighted by molar-refractivity contribution is 4.81. The van der Waals surface area contributed by atoms with Gasteiger partial charge in [0.25, 0.3) is 0 Å². The maximum Gasteiger partial charge on any atom is 0.000994 e. The molecule has 0 aromatic heterocycles. The highest BCUT2D eigenvalue weighted by atomic mass is 14.9. The number of hydrogen-bond donors (Lipinski definition) is 1. The minimum atomic E-state index is 0.524. The molecule has 0 spiro atoms. The Morgan fingerprint density at radius 1 is 1.08 bits per heavy atom. The van der Waals surface area contributed by atoms with E-state index in [0.717, 1.165) is 12.5 Å². The zero-order chi connectivity index (χ0) is 9.61. The van der Waals surface area contributed by atoms with Crippen molar-refractivity contribution in [1.82, 2.24) is 5.32 Å². The number of nitrogens with one attached hydrogen (secondary N) is 1. The van der Waals surface area contributed by atoms with Crippen molar-refractivity contribution >= 4 is 0 Å². The zero-order valence-electron chi connectivity index (χ0n) is 9.41. The van der Waals surface area contributed by atoms with Crippen molar-refractivity contribution in [3.8, 4) is 0 Å². The molecule has 0 saturated heterocycles. The van der Waals surface area contributed by atoms with Crippen LogP contribution < -0.4 is 5.32 Å². The molecule has 0 saturated carbocycles. The lowest BCUT2D eigenvalue weighted by Crippen LogP contribution is -2.37. The summed E-state index contributed by atoms with van der Waals surface area (Å²) in [5.41, 5.74) is 0.524. The first kappa shape index (κ1) is 12.0. The fraction of sp³-hybridized carbons (Fsp3) is 1.00. The summed E-state index contributed by atoms with van der Waals surface area (Å²) in [5.74, 6) is 0.784. The minimum absolute atomic E-state index is 0.524. The topological polar surface area (TPSA) is 12.0 Å². The maximum absolute atomic E-state index is 3.47. The van der Waals surface area contributed by atoms with E-state index >= 15 is 0 Å². The van der Waals surface area contributed by atoms with E-state index in [-0.39, 0.29) is 0 Å². The van der Waals surface area contributed by atoms with Gasteiger partial charge in [0.1, 0.15) is 0 Å². The summed E-state index contributed by atoms with van der Waals surface area (Å²) < 4.78 is 0. The van der Waals surface area contributed by atoms with E-state index in [0.29, 0.717) is 5.41 Å². The van der Waals surface area contributed by atoms with Crippen LogP contribution in [0.1, 0.15) is 47.5 Å². The van der Waals surface area contributed by atoms with Crippen LogP contribution in [0.4, 0.5) is 0 Å². The second-order valence-electron chi connectivity index (χ2n) is 4.00. The van der Waals surface area contributed by atoms with E-state index in [1.807, 2.05) is 0 Å². The van der Waals surface area contributed by atoms with E-state index in [1.54, 1.807) is 0 Å². The molecule has 0 atom stereocenters. The molecule has 0 radical (unpaired) electrons. The molecule has 0 fully saturated rings. The fourth-order valence-electron chi connectivity index (χ4n) is 1.89. The summed E-state index contributed by atoms with van der Waals surface area (Å²) in [6.07, 6.45) is 2.57. The van der Waals surface area contributed by atoms with Crippen molar-refractivity contribution in [2.45, 2.75) is 47.5 Å². The second-order valence-corrected chi connectivity index (χ2v) is 4.00. The zero-order valence-corrected chi connectivity index (χ0v) is 9.41. The molecular weight excluding hydrogens is 146 g/mol. The van der Waals surface area contributed by atoms with Gasteiger partial charge in [0.2, 0.25) is 0 Å². The molecule has 0 aliphatic heterocycles. The molecular formula is C11H25N. The lowest BCUT2D eigenvalue weighted by molar-refractivity contribution is 0.166. The molecule has 0 heterocycles. The number of rotatable bonds is 6. The third-order valence-corrected chi connectivity index (χ3v) is 3.36. The molecule has 0 amide bonds. The predicted molar refractivity (Wildman–Crippen MR) is 56.4 cm³/mol. The van der Waals surface area contributed by atoms with Crippen LogP contribution in [0.2, 0.25) is 0 Å². The Labute approximate surface area is 77.9 Å². The first-order chi connectivity index (χ1) is 5.63. The standard InChI is InChI=1S/C11H25N/c1-6-11(7-2,10(4)5)9-12-8-3/h10,12H,6-9H2,1-5H3. The summed E-state index contributed by atoms with van der Waals surface area (Å²) in [4.78, 5) is 0. The predicted octanol–water partition coefficient (Wildman–Crippen LogP) is 3.06. The van der Waals surface area contributed by atoms with Crippen LogP contribution in [-0.4, -0.2) is 13.1 Å². The summed E-state index contributed by atoms with van der Waals surface area (Å²) in [6, 6.07) is 0. The van der Waals surface area contributed by atoms with Crippen LogP contribution in [-0.2, 0) is 0 Å². The minimum Gasteiger partial charge on any atom is -0.316 e. The molecule has 12 heavy (non-hydrogen) atoms. The van der Waals surface area contributed by atoms with E-state index in [9.17, 15) is 0 Å². The number of hydrogen-bond acceptors (Lipinski definition) is 1. The Hall–Kier alpha value is -0.0400. The molecule has 1 nitrogen and oxygen atoms in total. The highest BCUT2D eigenvalue weighted by Crippen LogP contribution is 2.34. The van der Waals surface area contributed by atoms with Crippen LogP contribution in [0.5, 0.6) is 0 Å². The van der Waals surface area contributed by atoms with Crippen molar-refractivity contribution in [3.05, 3.63) is 0 Å². The van der Waals surface area contributed by atoms with Crippen LogP contribution in [0.15, 0.2) is 0 Å². The first-order valence-electron chi connectivity index (χ1n) is 5.33. The van der Waals surface area contributed by atoms with Gasteiger partial charge in [-0.1, -0.05) is 34.6 Å². The van der Waals surface area contributed by atoms with Crippen molar-refractivity contribution in [1.29, 1.82) is 0 Å². The fourth-order valence-corrected chi connectivity index (χ4v) is 1.89. The van der Waals surface area contributed by atoms with Gasteiger partial charge in [-0.2, -0.15) is 0 Å². The average molecular weight is 171 g/mol. The third-order valence-electron chi connectivity index (χ3n) is 3.36. The van der Waals surface area contributed by atoms with Crippen molar-refractivity contribution in [3.63, 3.8) is 0 Å². The lowest BCUT2D eigenvalue weighted by Gasteiger charge is -2.36. The van der Waals surface area contributed by atoms with Crippen LogP contribution in [0, 0.1) is 11.3 Å². The van der Waals surface area contributed by atoms with E-state index < -0.39 is 0 Å². The van der Waals surface area contributed by atoms with Gasteiger partial charge in [-0.05, 0) is 30.7 Å². The van der Waals surface area contributed by atoms with Crippen molar-refractivity contribution in [2.24, 2.45) is 11.3 Å². The SMILES string of the molecule is CCNCC(CC)(CC)C(C)C. The van der Waals surface area contributed by atoms with Gasteiger partial charge in [0, 0.05) is 6.54 Å². The average Bonchev–Trinajstić information content (AvgIpc) is 2.07. The molecule has 0 rings (SSSR count). The summed E-state index contributed by atoms with van der Waals surface area (Å²) >= 11 is 0. The van der Waals surface area contributed by atoms with E-state index in [2.05, 4.69) is 39.9 Å². The van der Waals surface area contributed by atoms with Gasteiger partial charge < -0.3 is 5.32 Å². The van der Waals surface area contributed by atoms with Gasteiger partial charge in [0.05, 0.1) is 0 Å². The Bertz CT molecular complexity index is 104. The summed E-state index contributed by atoms with van der Waals surface area (Å²) in [7, 11) is 0. The van der Waals surface area contributed by atoms with Gasteiger partial charge in [-0.3, -0.25) is 0 Å². The van der Waals surface area contributed by atoms with Gasteiger partial charge in [-0.25, -0.2) is 0 Å². The van der Waals surface area contributed by atoms with Crippen LogP contribution >= 0.6 is 0 Å². The Kier molecular flexibility index (Phi) is 5.56. The monoisotopic (exact) mass is 171 g/mol. The van der Waals surface area contributed by atoms with Gasteiger partial charge >= 0.3 is 0 Å². The second kappa shape index (κ2) is 5.58. The van der Waals surface area contributed by atoms with Gasteiger partial charge in [-0.15, -0.1) is 0 Å². The molecule has 0 aromatic carbocycles. The Morgan fingerprint density at radius 2 is 1.58 bits per heavy atom.